The summed E-state index contributed by atoms with van der Waals surface area (Å²) in [6, 6.07) is 0. The van der Waals surface area contributed by atoms with E-state index >= 15 is 0 Å². The minimum atomic E-state index is 0.582. The molecule has 0 fully saturated rings. The van der Waals surface area contributed by atoms with Gasteiger partial charge in [0.2, 0.25) is 0 Å². The third-order valence-electron chi connectivity index (χ3n) is 5.18. The van der Waals surface area contributed by atoms with E-state index < -0.39 is 0 Å². The second kappa shape index (κ2) is 5.16. The van der Waals surface area contributed by atoms with Crippen LogP contribution in [0, 0.1) is 11.3 Å². The minimum absolute atomic E-state index is 0.582. The van der Waals surface area contributed by atoms with E-state index in [9.17, 15) is 0 Å². The van der Waals surface area contributed by atoms with Crippen molar-refractivity contribution in [3.05, 3.63) is 10.9 Å². The predicted octanol–water partition coefficient (Wildman–Crippen LogP) is 3.52. The number of hydrogen-bond acceptors (Lipinski definition) is 0. The average molecular weight is 228 g/mol. The Morgan fingerprint density at radius 2 is 1.82 bits per heavy atom. The Labute approximate surface area is 108 Å². The van der Waals surface area contributed by atoms with E-state index in [-0.39, 0.29) is 0 Å². The van der Waals surface area contributed by atoms with E-state index in [1.54, 1.807) is 16.3 Å². The quantitative estimate of drug-likeness (QED) is 0.602. The maximum absolute atomic E-state index is 2.51. The molecule has 0 spiro atoms. The van der Waals surface area contributed by atoms with Crippen molar-refractivity contribution in [1.82, 2.24) is 0 Å². The van der Waals surface area contributed by atoms with E-state index in [2.05, 4.69) is 34.6 Å². The molecule has 2 aliphatic rings. The summed E-state index contributed by atoms with van der Waals surface area (Å²) in [6.07, 6.45) is 8.29. The van der Waals surface area contributed by atoms with Gasteiger partial charge in [-0.15, -0.1) is 0 Å². The van der Waals surface area contributed by atoms with E-state index in [4.69, 9.17) is 0 Å². The zero-order chi connectivity index (χ0) is 12.5. The molecule has 0 N–H and O–H groups in total. The summed E-state index contributed by atoms with van der Waals surface area (Å²) < 4.78 is 0. The molecule has 0 saturated carbocycles. The molecule has 2 heteroatoms. The Kier molecular flexibility index (Phi) is 4.00. The molecule has 0 aromatic rings. The fraction of sp³-hybridized carbons (Fsp3) is 0.800. The summed E-state index contributed by atoms with van der Waals surface area (Å²) in [7, 11) is 1.27. The van der Waals surface area contributed by atoms with Crippen LogP contribution in [0.4, 0.5) is 0 Å². The number of hydrogen-bond donors (Lipinski definition) is 0. The standard InChI is InChI=1S/C15H26B2/c1-11(2)15(4)9-5-7-13-14(8-6-10-15)17-12(3)16-13/h11,16H,5-10H2,1-4H3. The Bertz CT molecular complexity index is 352. The second-order valence-electron chi connectivity index (χ2n) is 6.81. The summed E-state index contributed by atoms with van der Waals surface area (Å²) in [5.41, 5.74) is 4.03. The Morgan fingerprint density at radius 3 is 2.47 bits per heavy atom. The van der Waals surface area contributed by atoms with Gasteiger partial charge in [0.25, 0.3) is 0 Å². The molecule has 2 rings (SSSR count). The van der Waals surface area contributed by atoms with Crippen molar-refractivity contribution in [2.45, 2.75) is 66.2 Å². The molecule has 0 aromatic heterocycles. The van der Waals surface area contributed by atoms with Gasteiger partial charge in [0, 0.05) is 0 Å². The van der Waals surface area contributed by atoms with Gasteiger partial charge in [0.15, 0.2) is 0 Å². The van der Waals surface area contributed by atoms with Crippen molar-refractivity contribution < 1.29 is 0 Å². The Morgan fingerprint density at radius 1 is 1.18 bits per heavy atom. The van der Waals surface area contributed by atoms with Crippen LogP contribution in [0.2, 0.25) is 0 Å². The first kappa shape index (κ1) is 13.2. The third-order valence-corrected chi connectivity index (χ3v) is 5.18. The normalized spacial score (nSPS) is 29.8. The first-order valence-electron chi connectivity index (χ1n) is 7.39. The van der Waals surface area contributed by atoms with Crippen molar-refractivity contribution in [3.63, 3.8) is 0 Å². The van der Waals surface area contributed by atoms with E-state index in [0.29, 0.717) is 5.41 Å². The molecule has 0 saturated heterocycles. The van der Waals surface area contributed by atoms with Crippen molar-refractivity contribution in [2.75, 3.05) is 0 Å². The van der Waals surface area contributed by atoms with Crippen molar-refractivity contribution in [3.8, 4) is 0 Å². The van der Waals surface area contributed by atoms with Crippen LogP contribution in [0.25, 0.3) is 0 Å². The van der Waals surface area contributed by atoms with Gasteiger partial charge in [-0.3, -0.25) is 0 Å². The van der Waals surface area contributed by atoms with Crippen molar-refractivity contribution >= 4 is 19.6 Å². The molecule has 0 amide bonds. The number of rotatable bonds is 1. The summed E-state index contributed by atoms with van der Waals surface area (Å²) >= 11 is 0. The summed E-state index contributed by atoms with van der Waals surface area (Å²) in [5.74, 6) is 0.827. The van der Waals surface area contributed by atoms with Gasteiger partial charge in [-0.1, -0.05) is 0 Å². The van der Waals surface area contributed by atoms with E-state index in [1.165, 1.54) is 45.8 Å². The van der Waals surface area contributed by atoms with Crippen LogP contribution < -0.4 is 0 Å². The monoisotopic (exact) mass is 228 g/mol. The molecule has 17 heavy (non-hydrogen) atoms. The molecule has 92 valence electrons. The molecule has 0 nitrogen and oxygen atoms in total. The molecule has 0 aromatic carbocycles. The van der Waals surface area contributed by atoms with Crippen LogP contribution >= 0.6 is 0 Å². The van der Waals surface area contributed by atoms with Gasteiger partial charge >= 0.3 is 108 Å². The third kappa shape index (κ3) is 2.95. The van der Waals surface area contributed by atoms with Gasteiger partial charge in [-0.2, -0.15) is 0 Å². The van der Waals surface area contributed by atoms with Gasteiger partial charge in [0.05, 0.1) is 0 Å². The predicted molar refractivity (Wildman–Crippen MR) is 81.3 cm³/mol. The SMILES string of the molecule is CC1=BC2=C(B1)CCCC(C)(C(C)C)CCC2. The van der Waals surface area contributed by atoms with Crippen molar-refractivity contribution in [2.24, 2.45) is 11.3 Å². The van der Waals surface area contributed by atoms with Gasteiger partial charge in [0.1, 0.15) is 0 Å². The summed E-state index contributed by atoms with van der Waals surface area (Å²) in [6.45, 7) is 12.1. The molecule has 1 aliphatic carbocycles. The number of allylic oxidation sites excluding steroid dienone is 2. The van der Waals surface area contributed by atoms with Crippen LogP contribution in [0.3, 0.4) is 0 Å². The van der Waals surface area contributed by atoms with Gasteiger partial charge < -0.3 is 0 Å². The second-order valence-corrected chi connectivity index (χ2v) is 6.81. The molecular weight excluding hydrogens is 202 g/mol. The molecular formula is C15H26B2. The summed E-state index contributed by atoms with van der Waals surface area (Å²) in [5, 5.41) is 1.59. The van der Waals surface area contributed by atoms with Crippen LogP contribution in [-0.4, -0.2) is 19.6 Å². The average Bonchev–Trinajstić information content (AvgIpc) is 2.60. The molecule has 1 unspecified atom stereocenters. The van der Waals surface area contributed by atoms with Crippen LogP contribution in [0.5, 0.6) is 0 Å². The van der Waals surface area contributed by atoms with E-state index in [1.807, 2.05) is 0 Å². The first-order valence-corrected chi connectivity index (χ1v) is 7.39. The van der Waals surface area contributed by atoms with Gasteiger partial charge in [-0.05, 0) is 0 Å². The molecule has 1 heterocycles. The van der Waals surface area contributed by atoms with Crippen LogP contribution in [0.15, 0.2) is 10.9 Å². The van der Waals surface area contributed by atoms with E-state index in [0.717, 1.165) is 5.92 Å². The Balaban J connectivity index is 2.05. The summed E-state index contributed by atoms with van der Waals surface area (Å²) in [4.78, 5) is 0. The zero-order valence-electron chi connectivity index (χ0n) is 12.1. The first-order chi connectivity index (χ1) is 8.01. The molecule has 0 radical (unpaired) electrons. The molecule has 0 bridgehead atoms. The fourth-order valence-electron chi connectivity index (χ4n) is 3.49. The van der Waals surface area contributed by atoms with Crippen LogP contribution in [-0.2, 0) is 0 Å². The molecule has 1 aliphatic heterocycles. The maximum atomic E-state index is 2.51. The van der Waals surface area contributed by atoms with Gasteiger partial charge in [-0.25, -0.2) is 0 Å². The zero-order valence-corrected chi connectivity index (χ0v) is 12.1. The Hall–Kier alpha value is -0.260. The fourth-order valence-corrected chi connectivity index (χ4v) is 3.49. The topological polar surface area (TPSA) is 0 Å². The molecule has 1 atom stereocenters. The van der Waals surface area contributed by atoms with Crippen LogP contribution in [0.1, 0.15) is 66.2 Å². The van der Waals surface area contributed by atoms with Crippen molar-refractivity contribution in [1.29, 1.82) is 0 Å².